The van der Waals surface area contributed by atoms with E-state index in [1.54, 1.807) is 6.07 Å². The Morgan fingerprint density at radius 2 is 1.67 bits per heavy atom. The second-order valence-electron chi connectivity index (χ2n) is 5.57. The van der Waals surface area contributed by atoms with Crippen LogP contribution in [0.2, 0.25) is 0 Å². The molecule has 5 heteroatoms. The Balaban J connectivity index is 2.05. The lowest BCUT2D eigenvalue weighted by molar-refractivity contribution is -0.120. The van der Waals surface area contributed by atoms with Gasteiger partial charge in [0.2, 0.25) is 5.91 Å². The average Bonchev–Trinajstić information content (AvgIpc) is 2.37. The fourth-order valence-corrected chi connectivity index (χ4v) is 3.24. The number of carbonyl (C=O) groups excluding carboxylic acids is 1. The van der Waals surface area contributed by atoms with Gasteiger partial charge in [-0.05, 0) is 31.0 Å². The van der Waals surface area contributed by atoms with E-state index in [4.69, 9.17) is 5.11 Å². The maximum absolute atomic E-state index is 12.4. The largest absolute Gasteiger partial charge is 0.478 e. The normalized spacial score (nSPS) is 16.8. The van der Waals surface area contributed by atoms with Gasteiger partial charge in [0.25, 0.3) is 0 Å². The number of nitrogens with one attached hydrogen (secondary N) is 1. The quantitative estimate of drug-likeness (QED) is 0.843. The van der Waals surface area contributed by atoms with Gasteiger partial charge in [0, 0.05) is 16.1 Å². The van der Waals surface area contributed by atoms with E-state index in [1.807, 2.05) is 0 Å². The van der Waals surface area contributed by atoms with Gasteiger partial charge >= 0.3 is 5.97 Å². The third-order valence-corrected chi connectivity index (χ3v) is 4.35. The predicted molar refractivity (Wildman–Crippen MR) is 85.5 cm³/mol. The first-order valence-corrected chi connectivity index (χ1v) is 8.20. The number of carbonyl (C=O) groups is 2. The summed E-state index contributed by atoms with van der Waals surface area (Å²) in [5.41, 5.74) is 0.700. The van der Waals surface area contributed by atoms with E-state index >= 15 is 0 Å². The van der Waals surface area contributed by atoms with Gasteiger partial charge in [0.05, 0.1) is 5.56 Å². The third kappa shape index (κ3) is 4.84. The summed E-state index contributed by atoms with van der Waals surface area (Å²) in [5.74, 6) is -0.957. The molecule has 0 spiro atoms. The number of halogens is 1. The van der Waals surface area contributed by atoms with Crippen molar-refractivity contribution in [1.82, 2.24) is 0 Å². The molecule has 114 valence electrons. The zero-order valence-electron chi connectivity index (χ0n) is 11.9. The van der Waals surface area contributed by atoms with E-state index < -0.39 is 5.97 Å². The van der Waals surface area contributed by atoms with E-state index in [-0.39, 0.29) is 17.4 Å². The Bertz CT molecular complexity index is 522. The SMILES string of the molecule is O=C(O)c1cc(Br)cc(NC(=O)C2CCCCCCC2)c1. The highest BCUT2D eigenvalue weighted by Crippen LogP contribution is 2.25. The van der Waals surface area contributed by atoms with Gasteiger partial charge in [-0.3, -0.25) is 4.79 Å². The van der Waals surface area contributed by atoms with E-state index in [0.717, 1.165) is 25.7 Å². The van der Waals surface area contributed by atoms with Gasteiger partial charge in [0.1, 0.15) is 0 Å². The zero-order chi connectivity index (χ0) is 15.2. The standard InChI is InChI=1S/C16H20BrNO3/c17-13-8-12(16(20)21)9-14(10-13)18-15(19)11-6-4-2-1-3-5-7-11/h8-11H,1-7H2,(H,18,19)(H,20,21). The molecule has 0 heterocycles. The third-order valence-electron chi connectivity index (χ3n) is 3.89. The second-order valence-corrected chi connectivity index (χ2v) is 6.48. The van der Waals surface area contributed by atoms with E-state index in [2.05, 4.69) is 21.2 Å². The highest BCUT2D eigenvalue weighted by molar-refractivity contribution is 9.10. The van der Waals surface area contributed by atoms with Gasteiger partial charge in [-0.2, -0.15) is 0 Å². The van der Waals surface area contributed by atoms with E-state index in [9.17, 15) is 9.59 Å². The fraction of sp³-hybridized carbons (Fsp3) is 0.500. The molecular formula is C16H20BrNO3. The Hall–Kier alpha value is -1.36. The maximum atomic E-state index is 12.4. The number of anilines is 1. The first-order valence-electron chi connectivity index (χ1n) is 7.41. The van der Waals surface area contributed by atoms with Crippen molar-refractivity contribution in [2.24, 2.45) is 5.92 Å². The number of carboxylic acid groups (broad SMARTS) is 1. The molecule has 4 nitrogen and oxygen atoms in total. The number of aromatic carboxylic acids is 1. The first kappa shape index (κ1) is 16.0. The van der Waals surface area contributed by atoms with Crippen molar-refractivity contribution in [2.45, 2.75) is 44.9 Å². The number of carboxylic acids is 1. The van der Waals surface area contributed by atoms with E-state index in [1.165, 1.54) is 31.4 Å². The zero-order valence-corrected chi connectivity index (χ0v) is 13.5. The summed E-state index contributed by atoms with van der Waals surface area (Å²) in [6, 6.07) is 4.75. The van der Waals surface area contributed by atoms with Crippen LogP contribution in [0.1, 0.15) is 55.3 Å². The number of rotatable bonds is 3. The highest BCUT2D eigenvalue weighted by Gasteiger charge is 2.20. The van der Waals surface area contributed by atoms with Crippen LogP contribution in [0.25, 0.3) is 0 Å². The van der Waals surface area contributed by atoms with Crippen LogP contribution in [0.4, 0.5) is 5.69 Å². The first-order chi connectivity index (χ1) is 10.1. The molecule has 0 radical (unpaired) electrons. The average molecular weight is 354 g/mol. The summed E-state index contributed by atoms with van der Waals surface area (Å²) >= 11 is 3.28. The molecule has 1 saturated carbocycles. The molecule has 0 bridgehead atoms. The Morgan fingerprint density at radius 1 is 1.05 bits per heavy atom. The topological polar surface area (TPSA) is 66.4 Å². The van der Waals surface area contributed by atoms with Gasteiger partial charge in [-0.25, -0.2) is 4.79 Å². The number of hydrogen-bond acceptors (Lipinski definition) is 2. The molecule has 2 rings (SSSR count). The minimum Gasteiger partial charge on any atom is -0.478 e. The molecular weight excluding hydrogens is 334 g/mol. The van der Waals surface area contributed by atoms with Gasteiger partial charge in [-0.1, -0.05) is 48.0 Å². The number of benzene rings is 1. The molecule has 0 aliphatic heterocycles. The molecule has 0 unspecified atom stereocenters. The molecule has 2 N–H and O–H groups in total. The van der Waals surface area contributed by atoms with Crippen LogP contribution < -0.4 is 5.32 Å². The van der Waals surface area contributed by atoms with Crippen LogP contribution in [0.3, 0.4) is 0 Å². The molecule has 21 heavy (non-hydrogen) atoms. The molecule has 1 aromatic rings. The van der Waals surface area contributed by atoms with Gasteiger partial charge < -0.3 is 10.4 Å². The van der Waals surface area contributed by atoms with Crippen molar-refractivity contribution in [3.05, 3.63) is 28.2 Å². The summed E-state index contributed by atoms with van der Waals surface area (Å²) in [6.07, 6.45) is 7.70. The highest BCUT2D eigenvalue weighted by atomic mass is 79.9. The van der Waals surface area contributed by atoms with Crippen molar-refractivity contribution in [3.63, 3.8) is 0 Å². The molecule has 0 atom stereocenters. The molecule has 1 fully saturated rings. The van der Waals surface area contributed by atoms with Crippen LogP contribution in [0.15, 0.2) is 22.7 Å². The maximum Gasteiger partial charge on any atom is 0.335 e. The summed E-state index contributed by atoms with van der Waals surface area (Å²) < 4.78 is 0.648. The summed E-state index contributed by atoms with van der Waals surface area (Å²) in [6.45, 7) is 0. The van der Waals surface area contributed by atoms with Crippen molar-refractivity contribution >= 4 is 33.5 Å². The monoisotopic (exact) mass is 353 g/mol. The van der Waals surface area contributed by atoms with Gasteiger partial charge in [-0.15, -0.1) is 0 Å². The summed E-state index contributed by atoms with van der Waals surface area (Å²) in [4.78, 5) is 23.4. The van der Waals surface area contributed by atoms with Crippen LogP contribution in [0, 0.1) is 5.92 Å². The van der Waals surface area contributed by atoms with Crippen LogP contribution in [-0.4, -0.2) is 17.0 Å². The second kappa shape index (κ2) is 7.59. The molecule has 1 aromatic carbocycles. The van der Waals surface area contributed by atoms with E-state index in [0.29, 0.717) is 10.2 Å². The number of amides is 1. The fourth-order valence-electron chi connectivity index (χ4n) is 2.75. The van der Waals surface area contributed by atoms with Crippen molar-refractivity contribution in [1.29, 1.82) is 0 Å². The molecule has 1 aliphatic rings. The van der Waals surface area contributed by atoms with Crippen molar-refractivity contribution in [2.75, 3.05) is 5.32 Å². The molecule has 0 aromatic heterocycles. The smallest absolute Gasteiger partial charge is 0.335 e. The summed E-state index contributed by atoms with van der Waals surface area (Å²) in [7, 11) is 0. The van der Waals surface area contributed by atoms with Gasteiger partial charge in [0.15, 0.2) is 0 Å². The summed E-state index contributed by atoms with van der Waals surface area (Å²) in [5, 5.41) is 11.9. The lowest BCUT2D eigenvalue weighted by Crippen LogP contribution is -2.23. The predicted octanol–water partition coefficient (Wildman–Crippen LogP) is 4.45. The molecule has 1 aliphatic carbocycles. The molecule has 1 amide bonds. The Morgan fingerprint density at radius 3 is 2.29 bits per heavy atom. The van der Waals surface area contributed by atoms with Crippen LogP contribution in [-0.2, 0) is 4.79 Å². The van der Waals surface area contributed by atoms with Crippen LogP contribution in [0.5, 0.6) is 0 Å². The minimum atomic E-state index is -1.00. The Labute approximate surface area is 133 Å². The lowest BCUT2D eigenvalue weighted by atomic mass is 9.90. The van der Waals surface area contributed by atoms with Crippen molar-refractivity contribution < 1.29 is 14.7 Å². The Kier molecular flexibility index (Phi) is 5.79. The van der Waals surface area contributed by atoms with Crippen molar-refractivity contribution in [3.8, 4) is 0 Å². The minimum absolute atomic E-state index is 0.00587. The molecule has 0 saturated heterocycles. The number of hydrogen-bond donors (Lipinski definition) is 2. The van der Waals surface area contributed by atoms with Crippen LogP contribution >= 0.6 is 15.9 Å². The lowest BCUT2D eigenvalue weighted by Gasteiger charge is -2.19.